The number of carbonyl (C=O) groups is 1. The lowest BCUT2D eigenvalue weighted by Crippen LogP contribution is -2.38. The fourth-order valence-electron chi connectivity index (χ4n) is 2.65. The van der Waals surface area contributed by atoms with E-state index >= 15 is 0 Å². The Morgan fingerprint density at radius 3 is 3.00 bits per heavy atom. The van der Waals surface area contributed by atoms with Gasteiger partial charge in [0.15, 0.2) is 0 Å². The Balaban J connectivity index is 1.92. The first-order valence-corrected chi connectivity index (χ1v) is 7.38. The quantitative estimate of drug-likeness (QED) is 0.820. The molecule has 20 heavy (non-hydrogen) atoms. The Bertz CT molecular complexity index is 668. The number of carbonyl (C=O) groups excluding carboxylic acids is 1. The minimum absolute atomic E-state index is 0.0190. The van der Waals surface area contributed by atoms with Crippen LogP contribution in [0, 0.1) is 5.82 Å². The molecule has 0 aliphatic carbocycles. The van der Waals surface area contributed by atoms with E-state index in [4.69, 9.17) is 5.73 Å². The van der Waals surface area contributed by atoms with Crippen molar-refractivity contribution in [1.29, 1.82) is 0 Å². The van der Waals surface area contributed by atoms with Crippen LogP contribution >= 0.6 is 11.3 Å². The molecule has 0 saturated carbocycles. The first kappa shape index (κ1) is 13.1. The number of halogens is 1. The number of amides is 1. The van der Waals surface area contributed by atoms with Crippen molar-refractivity contribution in [2.24, 2.45) is 0 Å². The zero-order chi connectivity index (χ0) is 14.3. The second-order valence-corrected chi connectivity index (χ2v) is 5.96. The lowest BCUT2D eigenvalue weighted by molar-refractivity contribution is 0.0674. The van der Waals surface area contributed by atoms with Gasteiger partial charge in [-0.25, -0.2) is 4.39 Å². The number of anilines is 1. The Hall–Kier alpha value is -1.88. The van der Waals surface area contributed by atoms with Gasteiger partial charge in [-0.15, -0.1) is 11.3 Å². The smallest absolute Gasteiger partial charge is 0.257 e. The largest absolute Gasteiger partial charge is 0.399 e. The van der Waals surface area contributed by atoms with Crippen LogP contribution in [0.1, 0.15) is 33.8 Å². The fraction of sp³-hybridized carbons (Fsp3) is 0.267. The molecule has 3 rings (SSSR count). The summed E-state index contributed by atoms with van der Waals surface area (Å²) in [4.78, 5) is 15.6. The van der Waals surface area contributed by atoms with Crippen LogP contribution in [0.15, 0.2) is 29.6 Å². The van der Waals surface area contributed by atoms with Gasteiger partial charge in [-0.2, -0.15) is 0 Å². The van der Waals surface area contributed by atoms with Crippen molar-refractivity contribution < 1.29 is 9.18 Å². The maximum atomic E-state index is 13.9. The first-order chi connectivity index (χ1) is 9.58. The molecule has 0 radical (unpaired) electrons. The van der Waals surface area contributed by atoms with E-state index in [0.29, 0.717) is 12.2 Å². The van der Waals surface area contributed by atoms with Crippen molar-refractivity contribution in [2.75, 3.05) is 12.3 Å². The van der Waals surface area contributed by atoms with Gasteiger partial charge in [0.1, 0.15) is 5.82 Å². The third-order valence-electron chi connectivity index (χ3n) is 3.76. The second-order valence-electron chi connectivity index (χ2n) is 4.96. The molecule has 5 heteroatoms. The van der Waals surface area contributed by atoms with E-state index in [2.05, 4.69) is 0 Å². The van der Waals surface area contributed by atoms with Crippen molar-refractivity contribution in [2.45, 2.75) is 19.4 Å². The molecule has 1 aliphatic heterocycles. The Kier molecular flexibility index (Phi) is 3.22. The summed E-state index contributed by atoms with van der Waals surface area (Å²) in [5.74, 6) is -0.829. The van der Waals surface area contributed by atoms with Gasteiger partial charge in [-0.05, 0) is 48.6 Å². The van der Waals surface area contributed by atoms with Gasteiger partial charge in [0.05, 0.1) is 11.6 Å². The van der Waals surface area contributed by atoms with Crippen molar-refractivity contribution in [3.8, 4) is 0 Å². The fourth-order valence-corrected chi connectivity index (χ4v) is 3.61. The Morgan fingerprint density at radius 1 is 1.45 bits per heavy atom. The number of benzene rings is 1. The van der Waals surface area contributed by atoms with Gasteiger partial charge in [-0.3, -0.25) is 4.79 Å². The number of hydrogen-bond donors (Lipinski definition) is 1. The molecule has 104 valence electrons. The van der Waals surface area contributed by atoms with E-state index in [0.717, 1.165) is 6.42 Å². The highest BCUT2D eigenvalue weighted by atomic mass is 32.1. The van der Waals surface area contributed by atoms with Crippen LogP contribution in [0.25, 0.3) is 0 Å². The van der Waals surface area contributed by atoms with Crippen LogP contribution in [-0.2, 0) is 6.42 Å². The van der Waals surface area contributed by atoms with Crippen molar-refractivity contribution in [3.05, 3.63) is 51.5 Å². The molecule has 1 aliphatic rings. The van der Waals surface area contributed by atoms with Gasteiger partial charge in [0.25, 0.3) is 5.91 Å². The highest BCUT2D eigenvalue weighted by Crippen LogP contribution is 2.33. The zero-order valence-electron chi connectivity index (χ0n) is 11.1. The molecule has 1 atom stereocenters. The predicted octanol–water partition coefficient (Wildman–Crippen LogP) is 3.23. The number of nitrogens with two attached hydrogens (primary N) is 1. The van der Waals surface area contributed by atoms with Gasteiger partial charge in [-0.1, -0.05) is 0 Å². The van der Waals surface area contributed by atoms with E-state index in [1.165, 1.54) is 22.6 Å². The molecule has 2 heterocycles. The molecule has 3 nitrogen and oxygen atoms in total. The van der Waals surface area contributed by atoms with Crippen LogP contribution in [-0.4, -0.2) is 17.4 Å². The maximum Gasteiger partial charge on any atom is 0.257 e. The molecule has 2 N–H and O–H groups in total. The highest BCUT2D eigenvalue weighted by Gasteiger charge is 2.30. The second kappa shape index (κ2) is 4.90. The van der Waals surface area contributed by atoms with Gasteiger partial charge in [0.2, 0.25) is 0 Å². The summed E-state index contributed by atoms with van der Waals surface area (Å²) < 4.78 is 13.9. The van der Waals surface area contributed by atoms with E-state index in [1.54, 1.807) is 22.3 Å². The van der Waals surface area contributed by atoms with Crippen LogP contribution < -0.4 is 5.73 Å². The third-order valence-corrected chi connectivity index (χ3v) is 4.76. The molecule has 2 aromatic rings. The van der Waals surface area contributed by atoms with Crippen molar-refractivity contribution in [1.82, 2.24) is 4.90 Å². The molecule has 1 amide bonds. The zero-order valence-corrected chi connectivity index (χ0v) is 11.9. The van der Waals surface area contributed by atoms with Crippen LogP contribution in [0.3, 0.4) is 0 Å². The lowest BCUT2D eigenvalue weighted by Gasteiger charge is -2.33. The molecule has 0 bridgehead atoms. The Morgan fingerprint density at radius 2 is 2.25 bits per heavy atom. The molecule has 0 fully saturated rings. The van der Waals surface area contributed by atoms with Crippen molar-refractivity contribution in [3.63, 3.8) is 0 Å². The summed E-state index contributed by atoms with van der Waals surface area (Å²) >= 11 is 1.72. The van der Waals surface area contributed by atoms with E-state index in [9.17, 15) is 9.18 Å². The number of thiophene rings is 1. The SMILES string of the molecule is CC1c2ccsc2CCN1C(=O)c1ccc(N)cc1F. The summed E-state index contributed by atoms with van der Waals surface area (Å²) in [7, 11) is 0. The minimum atomic E-state index is -0.557. The van der Waals surface area contributed by atoms with Gasteiger partial charge >= 0.3 is 0 Å². The summed E-state index contributed by atoms with van der Waals surface area (Å²) in [5.41, 5.74) is 7.10. The summed E-state index contributed by atoms with van der Waals surface area (Å²) in [5, 5.41) is 2.04. The van der Waals surface area contributed by atoms with E-state index in [1.807, 2.05) is 18.4 Å². The number of nitrogen functional groups attached to an aromatic ring is 1. The van der Waals surface area contributed by atoms with Crippen molar-refractivity contribution >= 4 is 22.9 Å². The average Bonchev–Trinajstić information content (AvgIpc) is 2.87. The molecular formula is C15H15FN2OS. The van der Waals surface area contributed by atoms with E-state index in [-0.39, 0.29) is 17.5 Å². The lowest BCUT2D eigenvalue weighted by atomic mass is 10.00. The number of hydrogen-bond acceptors (Lipinski definition) is 3. The molecule has 1 aromatic heterocycles. The molecular weight excluding hydrogens is 275 g/mol. The number of nitrogens with zero attached hydrogens (tertiary/aromatic N) is 1. The van der Waals surface area contributed by atoms with Gasteiger partial charge in [0, 0.05) is 17.1 Å². The van der Waals surface area contributed by atoms with Gasteiger partial charge < -0.3 is 10.6 Å². The predicted molar refractivity (Wildman–Crippen MR) is 78.3 cm³/mol. The molecule has 1 aromatic carbocycles. The summed E-state index contributed by atoms with van der Waals surface area (Å²) in [6, 6.07) is 6.24. The summed E-state index contributed by atoms with van der Waals surface area (Å²) in [6.07, 6.45) is 0.833. The van der Waals surface area contributed by atoms with E-state index < -0.39 is 5.82 Å². The standard InChI is InChI=1S/C15H15FN2OS/c1-9-11-5-7-20-14(11)4-6-18(9)15(19)12-3-2-10(17)8-13(12)16/h2-3,5,7-9H,4,6,17H2,1H3. The topological polar surface area (TPSA) is 46.3 Å². The normalized spacial score (nSPS) is 17.9. The minimum Gasteiger partial charge on any atom is -0.399 e. The molecule has 0 spiro atoms. The highest BCUT2D eigenvalue weighted by molar-refractivity contribution is 7.10. The van der Waals surface area contributed by atoms with Crippen LogP contribution in [0.5, 0.6) is 0 Å². The maximum absolute atomic E-state index is 13.9. The number of rotatable bonds is 1. The Labute approximate surface area is 120 Å². The number of fused-ring (bicyclic) bond motifs is 1. The average molecular weight is 290 g/mol. The summed E-state index contributed by atoms with van der Waals surface area (Å²) in [6.45, 7) is 2.61. The monoisotopic (exact) mass is 290 g/mol. The molecule has 0 saturated heterocycles. The van der Waals surface area contributed by atoms with Crippen LogP contribution in [0.2, 0.25) is 0 Å². The third kappa shape index (κ3) is 2.08. The van der Waals surface area contributed by atoms with Crippen LogP contribution in [0.4, 0.5) is 10.1 Å². The molecule has 1 unspecified atom stereocenters. The first-order valence-electron chi connectivity index (χ1n) is 6.50.